The highest BCUT2D eigenvalue weighted by Gasteiger charge is 2.11. The molecule has 0 saturated heterocycles. The fourth-order valence-electron chi connectivity index (χ4n) is 4.52. The average Bonchev–Trinajstić information content (AvgIpc) is 2.80. The van der Waals surface area contributed by atoms with Crippen molar-refractivity contribution in [1.29, 1.82) is 0 Å². The van der Waals surface area contributed by atoms with E-state index in [4.69, 9.17) is 4.55 Å². The zero-order chi connectivity index (χ0) is 25.2. The van der Waals surface area contributed by atoms with E-state index in [1.807, 2.05) is 0 Å². The summed E-state index contributed by atoms with van der Waals surface area (Å²) in [6.45, 7) is 4.55. The second-order valence-electron chi connectivity index (χ2n) is 10.2. The van der Waals surface area contributed by atoms with Crippen molar-refractivity contribution in [3.63, 3.8) is 0 Å². The molecule has 1 atom stereocenters. The maximum atomic E-state index is 11.0. The highest BCUT2D eigenvalue weighted by Crippen LogP contribution is 2.17. The van der Waals surface area contributed by atoms with Crippen LogP contribution in [0.25, 0.3) is 0 Å². The van der Waals surface area contributed by atoms with Gasteiger partial charge in [-0.15, -0.1) is 0 Å². The van der Waals surface area contributed by atoms with E-state index < -0.39 is 10.4 Å². The standard InChI is InChI=1S/C29H58O4S/c1-3-5-7-9-11-13-14-15-16-17-18-19-21-23-25-27-29(28-33-34(30,31)32)26-24-22-20-12-10-8-6-4-2/h24,26,29H,3-23,25,27-28H2,1-2H3,(H,30,31,32)/b26-24+. The lowest BCUT2D eigenvalue weighted by atomic mass is 9.99. The summed E-state index contributed by atoms with van der Waals surface area (Å²) in [6, 6.07) is 0. The van der Waals surface area contributed by atoms with Crippen LogP contribution in [-0.4, -0.2) is 19.6 Å². The monoisotopic (exact) mass is 502 g/mol. The van der Waals surface area contributed by atoms with E-state index in [1.165, 1.54) is 128 Å². The number of unbranched alkanes of at least 4 members (excludes halogenated alkanes) is 20. The average molecular weight is 503 g/mol. The second-order valence-corrected chi connectivity index (χ2v) is 11.3. The Hall–Kier alpha value is -0.390. The SMILES string of the molecule is CCCCCCCC/C=C/C(CCCCCCCCCCCCCCCCC)COS(=O)(=O)O. The molecule has 0 aromatic heterocycles. The van der Waals surface area contributed by atoms with Gasteiger partial charge in [0.25, 0.3) is 0 Å². The summed E-state index contributed by atoms with van der Waals surface area (Å²) < 4.78 is 35.5. The maximum absolute atomic E-state index is 11.0. The van der Waals surface area contributed by atoms with Crippen LogP contribution in [0.3, 0.4) is 0 Å². The van der Waals surface area contributed by atoms with Gasteiger partial charge in [0.05, 0.1) is 6.61 Å². The first-order valence-corrected chi connectivity index (χ1v) is 16.1. The molecular weight excluding hydrogens is 444 g/mol. The van der Waals surface area contributed by atoms with E-state index in [0.29, 0.717) is 0 Å². The van der Waals surface area contributed by atoms with Crippen molar-refractivity contribution in [1.82, 2.24) is 0 Å². The van der Waals surface area contributed by atoms with Crippen LogP contribution >= 0.6 is 0 Å². The van der Waals surface area contributed by atoms with Crippen molar-refractivity contribution >= 4 is 10.4 Å². The Morgan fingerprint density at radius 2 is 1.00 bits per heavy atom. The third-order valence-electron chi connectivity index (χ3n) is 6.74. The topological polar surface area (TPSA) is 63.6 Å². The Morgan fingerprint density at radius 3 is 1.41 bits per heavy atom. The normalized spacial score (nSPS) is 13.1. The summed E-state index contributed by atoms with van der Waals surface area (Å²) in [4.78, 5) is 0. The predicted octanol–water partition coefficient (Wildman–Crippen LogP) is 9.99. The van der Waals surface area contributed by atoms with Crippen LogP contribution in [0, 0.1) is 5.92 Å². The zero-order valence-electron chi connectivity index (χ0n) is 22.8. The first-order valence-electron chi connectivity index (χ1n) is 14.8. The minimum absolute atomic E-state index is 0.0461. The number of hydrogen-bond donors (Lipinski definition) is 1. The molecule has 0 fully saturated rings. The highest BCUT2D eigenvalue weighted by molar-refractivity contribution is 7.80. The molecule has 0 aliphatic rings. The van der Waals surface area contributed by atoms with E-state index >= 15 is 0 Å². The van der Waals surface area contributed by atoms with Crippen molar-refractivity contribution in [2.24, 2.45) is 5.92 Å². The summed E-state index contributed by atoms with van der Waals surface area (Å²) >= 11 is 0. The molecule has 0 aromatic carbocycles. The molecule has 204 valence electrons. The first kappa shape index (κ1) is 33.6. The van der Waals surface area contributed by atoms with Gasteiger partial charge in [-0.05, 0) is 19.3 Å². The largest absolute Gasteiger partial charge is 0.397 e. The van der Waals surface area contributed by atoms with E-state index in [0.717, 1.165) is 19.3 Å². The lowest BCUT2D eigenvalue weighted by Gasteiger charge is -2.12. The van der Waals surface area contributed by atoms with Gasteiger partial charge in [-0.2, -0.15) is 8.42 Å². The van der Waals surface area contributed by atoms with Gasteiger partial charge in [0, 0.05) is 5.92 Å². The van der Waals surface area contributed by atoms with Gasteiger partial charge >= 0.3 is 10.4 Å². The Balaban J connectivity index is 3.76. The van der Waals surface area contributed by atoms with Crippen LogP contribution in [-0.2, 0) is 14.6 Å². The number of rotatable bonds is 27. The third-order valence-corrected chi connectivity index (χ3v) is 7.18. The molecule has 0 amide bonds. The summed E-state index contributed by atoms with van der Waals surface area (Å²) in [5.41, 5.74) is 0. The Morgan fingerprint density at radius 1 is 0.618 bits per heavy atom. The van der Waals surface area contributed by atoms with Gasteiger partial charge in [-0.3, -0.25) is 4.55 Å². The fourth-order valence-corrected chi connectivity index (χ4v) is 4.86. The molecule has 0 bridgehead atoms. The molecule has 0 aliphatic heterocycles. The summed E-state index contributed by atoms with van der Waals surface area (Å²) in [5.74, 6) is 0.0592. The van der Waals surface area contributed by atoms with Crippen molar-refractivity contribution < 1.29 is 17.2 Å². The quantitative estimate of drug-likeness (QED) is 0.0689. The summed E-state index contributed by atoms with van der Waals surface area (Å²) in [7, 11) is -4.36. The summed E-state index contributed by atoms with van der Waals surface area (Å²) in [6.07, 6.45) is 34.0. The van der Waals surface area contributed by atoms with Gasteiger partial charge in [0.1, 0.15) is 0 Å². The molecule has 0 aliphatic carbocycles. The van der Waals surface area contributed by atoms with Crippen LogP contribution in [0.2, 0.25) is 0 Å². The van der Waals surface area contributed by atoms with Gasteiger partial charge in [0.2, 0.25) is 0 Å². The Labute approximate surface area is 213 Å². The van der Waals surface area contributed by atoms with E-state index in [-0.39, 0.29) is 12.5 Å². The molecule has 0 heterocycles. The van der Waals surface area contributed by atoms with Crippen molar-refractivity contribution in [2.75, 3.05) is 6.61 Å². The predicted molar refractivity (Wildman–Crippen MR) is 148 cm³/mol. The lowest BCUT2D eigenvalue weighted by Crippen LogP contribution is -2.12. The van der Waals surface area contributed by atoms with Crippen LogP contribution in [0.1, 0.15) is 162 Å². The Kier molecular flexibility index (Phi) is 25.4. The van der Waals surface area contributed by atoms with Crippen molar-refractivity contribution in [3.05, 3.63) is 12.2 Å². The zero-order valence-corrected chi connectivity index (χ0v) is 23.6. The minimum Gasteiger partial charge on any atom is -0.264 e. The molecule has 1 N–H and O–H groups in total. The van der Waals surface area contributed by atoms with E-state index in [9.17, 15) is 8.42 Å². The molecule has 34 heavy (non-hydrogen) atoms. The van der Waals surface area contributed by atoms with Gasteiger partial charge in [-0.25, -0.2) is 4.18 Å². The van der Waals surface area contributed by atoms with Crippen LogP contribution in [0.5, 0.6) is 0 Å². The molecule has 5 heteroatoms. The highest BCUT2D eigenvalue weighted by atomic mass is 32.3. The molecule has 1 unspecified atom stereocenters. The van der Waals surface area contributed by atoms with Gasteiger partial charge in [-0.1, -0.05) is 154 Å². The summed E-state index contributed by atoms with van der Waals surface area (Å²) in [5, 5.41) is 0. The van der Waals surface area contributed by atoms with E-state index in [1.54, 1.807) is 0 Å². The molecule has 0 spiro atoms. The minimum atomic E-state index is -4.36. The van der Waals surface area contributed by atoms with Crippen molar-refractivity contribution in [2.45, 2.75) is 162 Å². The van der Waals surface area contributed by atoms with E-state index in [2.05, 4.69) is 30.2 Å². The number of allylic oxidation sites excluding steroid dienone is 1. The molecule has 0 aromatic rings. The first-order chi connectivity index (χ1) is 16.5. The van der Waals surface area contributed by atoms with Crippen molar-refractivity contribution in [3.8, 4) is 0 Å². The second kappa shape index (κ2) is 25.7. The van der Waals surface area contributed by atoms with Gasteiger partial charge in [0.15, 0.2) is 0 Å². The maximum Gasteiger partial charge on any atom is 0.397 e. The molecule has 0 radical (unpaired) electrons. The third kappa shape index (κ3) is 27.9. The molecule has 0 rings (SSSR count). The molecule has 0 saturated carbocycles. The lowest BCUT2D eigenvalue weighted by molar-refractivity contribution is 0.234. The van der Waals surface area contributed by atoms with Crippen LogP contribution in [0.4, 0.5) is 0 Å². The Bertz CT molecular complexity index is 530. The molecular formula is C29H58O4S. The van der Waals surface area contributed by atoms with Crippen LogP contribution in [0.15, 0.2) is 12.2 Å². The molecule has 4 nitrogen and oxygen atoms in total. The fraction of sp³-hybridized carbons (Fsp3) is 0.931. The number of hydrogen-bond acceptors (Lipinski definition) is 3. The van der Waals surface area contributed by atoms with Gasteiger partial charge < -0.3 is 0 Å². The smallest absolute Gasteiger partial charge is 0.264 e. The van der Waals surface area contributed by atoms with Crippen LogP contribution < -0.4 is 0 Å².